The fourth-order valence-electron chi connectivity index (χ4n) is 1.43. The van der Waals surface area contributed by atoms with Crippen molar-refractivity contribution in [3.8, 4) is 5.88 Å². The summed E-state index contributed by atoms with van der Waals surface area (Å²) in [5.41, 5.74) is 0.0827. The maximum absolute atomic E-state index is 5.89. The van der Waals surface area contributed by atoms with Crippen LogP contribution in [0.4, 0.5) is 5.82 Å². The molecule has 0 aliphatic heterocycles. The number of pyridine rings is 1. The van der Waals surface area contributed by atoms with Crippen molar-refractivity contribution in [1.82, 2.24) is 4.98 Å². The monoisotopic (exact) mass is 226 g/mol. The molecular formula is C11H15ClN2O. The van der Waals surface area contributed by atoms with Crippen LogP contribution < -0.4 is 10.1 Å². The van der Waals surface area contributed by atoms with Crippen LogP contribution in [0.25, 0.3) is 0 Å². The summed E-state index contributed by atoms with van der Waals surface area (Å²) < 4.78 is 5.33. The first kappa shape index (κ1) is 10.6. The number of alkyl halides is 1. The predicted molar refractivity (Wildman–Crippen MR) is 61.7 cm³/mol. The van der Waals surface area contributed by atoms with E-state index in [1.807, 2.05) is 25.1 Å². The Labute approximate surface area is 94.8 Å². The van der Waals surface area contributed by atoms with Crippen LogP contribution in [-0.4, -0.2) is 23.0 Å². The molecular weight excluding hydrogens is 212 g/mol. The summed E-state index contributed by atoms with van der Waals surface area (Å²) in [5.74, 6) is 2.14. The highest BCUT2D eigenvalue weighted by Crippen LogP contribution is 2.39. The smallest absolute Gasteiger partial charge is 0.215 e. The quantitative estimate of drug-likeness (QED) is 0.784. The van der Waals surface area contributed by atoms with E-state index in [0.717, 1.165) is 18.7 Å². The molecule has 0 aromatic carbocycles. The Balaban J connectivity index is 2.05. The molecule has 1 aliphatic rings. The zero-order chi connectivity index (χ0) is 10.7. The second-order valence-corrected chi connectivity index (χ2v) is 4.10. The second-order valence-electron chi connectivity index (χ2n) is 3.83. The van der Waals surface area contributed by atoms with Crippen molar-refractivity contribution in [2.45, 2.75) is 25.3 Å². The van der Waals surface area contributed by atoms with Gasteiger partial charge >= 0.3 is 0 Å². The first-order valence-electron chi connectivity index (χ1n) is 5.22. The van der Waals surface area contributed by atoms with Gasteiger partial charge in [0.25, 0.3) is 0 Å². The van der Waals surface area contributed by atoms with E-state index in [1.54, 1.807) is 0 Å². The van der Waals surface area contributed by atoms with Crippen molar-refractivity contribution in [3.63, 3.8) is 0 Å². The summed E-state index contributed by atoms with van der Waals surface area (Å²) in [6.45, 7) is 2.58. The molecule has 3 nitrogen and oxygen atoms in total. The molecule has 0 spiro atoms. The first-order chi connectivity index (χ1) is 7.28. The Morgan fingerprint density at radius 1 is 1.53 bits per heavy atom. The Bertz CT molecular complexity index is 339. The van der Waals surface area contributed by atoms with Gasteiger partial charge in [0, 0.05) is 11.9 Å². The van der Waals surface area contributed by atoms with Crippen LogP contribution in [0.2, 0.25) is 0 Å². The van der Waals surface area contributed by atoms with Gasteiger partial charge in [-0.3, -0.25) is 0 Å². The summed E-state index contributed by atoms with van der Waals surface area (Å²) in [7, 11) is 0. The molecule has 1 aliphatic carbocycles. The molecule has 0 bridgehead atoms. The molecule has 0 amide bonds. The van der Waals surface area contributed by atoms with Crippen molar-refractivity contribution in [2.24, 2.45) is 0 Å². The number of rotatable bonds is 5. The predicted octanol–water partition coefficient (Wildman–Crippen LogP) is 2.66. The average molecular weight is 227 g/mol. The molecule has 2 rings (SSSR count). The van der Waals surface area contributed by atoms with Gasteiger partial charge in [-0.1, -0.05) is 6.07 Å². The molecule has 0 unspecified atom stereocenters. The number of aromatic nitrogens is 1. The van der Waals surface area contributed by atoms with Crippen molar-refractivity contribution in [2.75, 3.05) is 17.8 Å². The Morgan fingerprint density at radius 3 is 2.93 bits per heavy atom. The average Bonchev–Trinajstić information content (AvgIpc) is 3.00. The summed E-state index contributed by atoms with van der Waals surface area (Å²) in [6.07, 6.45) is 2.24. The highest BCUT2D eigenvalue weighted by Gasteiger charge is 2.42. The maximum Gasteiger partial charge on any atom is 0.215 e. The number of anilines is 1. The summed E-state index contributed by atoms with van der Waals surface area (Å²) in [4.78, 5) is 4.34. The minimum absolute atomic E-state index is 0.0827. The third kappa shape index (κ3) is 2.53. The lowest BCUT2D eigenvalue weighted by molar-refractivity contribution is 0.327. The highest BCUT2D eigenvalue weighted by molar-refractivity contribution is 6.19. The molecule has 0 radical (unpaired) electrons. The van der Waals surface area contributed by atoms with E-state index >= 15 is 0 Å². The summed E-state index contributed by atoms with van der Waals surface area (Å²) >= 11 is 5.89. The van der Waals surface area contributed by atoms with Gasteiger partial charge in [-0.15, -0.1) is 11.6 Å². The van der Waals surface area contributed by atoms with Crippen molar-refractivity contribution in [1.29, 1.82) is 0 Å². The van der Waals surface area contributed by atoms with Gasteiger partial charge in [0.15, 0.2) is 0 Å². The minimum atomic E-state index is 0.0827. The van der Waals surface area contributed by atoms with Gasteiger partial charge < -0.3 is 10.1 Å². The Kier molecular flexibility index (Phi) is 3.00. The van der Waals surface area contributed by atoms with E-state index in [2.05, 4.69) is 10.3 Å². The molecule has 0 saturated heterocycles. The molecule has 1 fully saturated rings. The first-order valence-corrected chi connectivity index (χ1v) is 5.75. The number of hydrogen-bond acceptors (Lipinski definition) is 3. The largest absolute Gasteiger partial charge is 0.478 e. The van der Waals surface area contributed by atoms with Gasteiger partial charge in [0.05, 0.1) is 12.1 Å². The standard InChI is InChI=1S/C11H15ClN2O/c1-2-15-10-5-3-4-9(13-10)14-11(8-12)6-7-11/h3-5H,2,6-8H2,1H3,(H,13,14). The second kappa shape index (κ2) is 4.27. The van der Waals surface area contributed by atoms with Gasteiger partial charge in [-0.2, -0.15) is 4.98 Å². The Morgan fingerprint density at radius 2 is 2.33 bits per heavy atom. The third-order valence-corrected chi connectivity index (χ3v) is 3.03. The highest BCUT2D eigenvalue weighted by atomic mass is 35.5. The van der Waals surface area contributed by atoms with E-state index < -0.39 is 0 Å². The van der Waals surface area contributed by atoms with E-state index in [9.17, 15) is 0 Å². The fourth-order valence-corrected chi connectivity index (χ4v) is 1.76. The van der Waals surface area contributed by atoms with Gasteiger partial charge in [0.1, 0.15) is 5.82 Å². The van der Waals surface area contributed by atoms with E-state index in [0.29, 0.717) is 18.4 Å². The van der Waals surface area contributed by atoms with Crippen LogP contribution in [0.3, 0.4) is 0 Å². The minimum Gasteiger partial charge on any atom is -0.478 e. The molecule has 1 saturated carbocycles. The zero-order valence-electron chi connectivity index (χ0n) is 8.79. The molecule has 1 heterocycles. The van der Waals surface area contributed by atoms with Crippen LogP contribution in [0, 0.1) is 0 Å². The van der Waals surface area contributed by atoms with E-state index in [-0.39, 0.29) is 5.54 Å². The fraction of sp³-hybridized carbons (Fsp3) is 0.545. The van der Waals surface area contributed by atoms with Crippen molar-refractivity contribution >= 4 is 17.4 Å². The number of hydrogen-bond donors (Lipinski definition) is 1. The SMILES string of the molecule is CCOc1cccc(NC2(CCl)CC2)n1. The number of nitrogens with one attached hydrogen (secondary N) is 1. The van der Waals surface area contributed by atoms with Crippen LogP contribution in [-0.2, 0) is 0 Å². The van der Waals surface area contributed by atoms with Crippen LogP contribution in [0.1, 0.15) is 19.8 Å². The van der Waals surface area contributed by atoms with Crippen LogP contribution in [0.15, 0.2) is 18.2 Å². The normalized spacial score (nSPS) is 17.2. The molecule has 1 aromatic rings. The molecule has 15 heavy (non-hydrogen) atoms. The Hall–Kier alpha value is -0.960. The zero-order valence-corrected chi connectivity index (χ0v) is 9.55. The molecule has 1 N–H and O–H groups in total. The van der Waals surface area contributed by atoms with Gasteiger partial charge in [-0.25, -0.2) is 0 Å². The van der Waals surface area contributed by atoms with E-state index in [1.165, 1.54) is 0 Å². The molecule has 0 atom stereocenters. The molecule has 4 heteroatoms. The molecule has 82 valence electrons. The number of nitrogens with zero attached hydrogens (tertiary/aromatic N) is 1. The van der Waals surface area contributed by atoms with Gasteiger partial charge in [0.2, 0.25) is 5.88 Å². The third-order valence-electron chi connectivity index (χ3n) is 2.52. The van der Waals surface area contributed by atoms with Crippen LogP contribution >= 0.6 is 11.6 Å². The summed E-state index contributed by atoms with van der Waals surface area (Å²) in [5, 5.41) is 3.35. The maximum atomic E-state index is 5.89. The van der Waals surface area contributed by atoms with Crippen molar-refractivity contribution in [3.05, 3.63) is 18.2 Å². The van der Waals surface area contributed by atoms with Gasteiger partial charge in [-0.05, 0) is 25.8 Å². The van der Waals surface area contributed by atoms with Crippen molar-refractivity contribution < 1.29 is 4.74 Å². The topological polar surface area (TPSA) is 34.1 Å². The molecule has 1 aromatic heterocycles. The summed E-state index contributed by atoms with van der Waals surface area (Å²) in [6, 6.07) is 5.73. The van der Waals surface area contributed by atoms with Crippen LogP contribution in [0.5, 0.6) is 5.88 Å². The van der Waals surface area contributed by atoms with E-state index in [4.69, 9.17) is 16.3 Å². The lowest BCUT2D eigenvalue weighted by Crippen LogP contribution is -2.23. The lowest BCUT2D eigenvalue weighted by Gasteiger charge is -2.15. The number of ether oxygens (including phenoxy) is 1. The lowest BCUT2D eigenvalue weighted by atomic mass is 10.3. The number of halogens is 1.